The Labute approximate surface area is 147 Å². The molecule has 2 aromatic carbocycles. The van der Waals surface area contributed by atoms with Crippen LogP contribution in [0.4, 0.5) is 18.9 Å². The predicted molar refractivity (Wildman–Crippen MR) is 93.3 cm³/mol. The summed E-state index contributed by atoms with van der Waals surface area (Å²) >= 11 is 6.04. The molecule has 0 unspecified atom stereocenters. The van der Waals surface area contributed by atoms with Gasteiger partial charge in [0.15, 0.2) is 5.78 Å². The number of Topliss-reactive ketones (excluding diaryl/α,β-unsaturated/α-hetero) is 1. The molecule has 0 amide bonds. The Kier molecular flexibility index (Phi) is 5.64. The molecule has 0 aliphatic carbocycles. The van der Waals surface area contributed by atoms with E-state index in [1.165, 1.54) is 31.2 Å². The van der Waals surface area contributed by atoms with Crippen LogP contribution in [0, 0.1) is 5.41 Å². The van der Waals surface area contributed by atoms with Gasteiger partial charge in [0.1, 0.15) is 5.71 Å². The summed E-state index contributed by atoms with van der Waals surface area (Å²) in [5.41, 5.74) is -0.227. The monoisotopic (exact) mass is 366 g/mol. The molecule has 3 nitrogen and oxygen atoms in total. The van der Waals surface area contributed by atoms with Gasteiger partial charge in [0.25, 0.3) is 0 Å². The number of alkyl halides is 3. The lowest BCUT2D eigenvalue weighted by molar-refractivity contribution is -0.0583. The van der Waals surface area contributed by atoms with Gasteiger partial charge in [0, 0.05) is 11.3 Å². The molecular weight excluding hydrogens is 353 g/mol. The van der Waals surface area contributed by atoms with Crippen LogP contribution in [0.1, 0.15) is 22.8 Å². The van der Waals surface area contributed by atoms with Crippen LogP contribution >= 0.6 is 11.6 Å². The van der Waals surface area contributed by atoms with Crippen molar-refractivity contribution in [3.8, 4) is 0 Å². The van der Waals surface area contributed by atoms with Crippen LogP contribution < -0.4 is 5.32 Å². The molecule has 2 N–H and O–H groups in total. The average Bonchev–Trinajstić information content (AvgIpc) is 2.55. The van der Waals surface area contributed by atoms with E-state index in [1.54, 1.807) is 24.3 Å². The van der Waals surface area contributed by atoms with Crippen LogP contribution in [-0.2, 0) is 0 Å². The molecule has 0 saturated carbocycles. The molecule has 7 heteroatoms. The van der Waals surface area contributed by atoms with Gasteiger partial charge in [-0.1, -0.05) is 48.0 Å². The Balaban J connectivity index is 2.45. The third-order valence-corrected chi connectivity index (χ3v) is 3.67. The Morgan fingerprint density at radius 1 is 1.08 bits per heavy atom. The van der Waals surface area contributed by atoms with Crippen molar-refractivity contribution in [2.75, 3.05) is 5.32 Å². The van der Waals surface area contributed by atoms with Crippen LogP contribution in [0.5, 0.6) is 0 Å². The topological polar surface area (TPSA) is 53.0 Å². The predicted octanol–water partition coefficient (Wildman–Crippen LogP) is 5.58. The standard InChI is InChI=1S/C18H14ClF3N2O/c1-11(25)12-6-8-13(9-7-12)16(10-17(23)18(20,21)22)24-15-5-3-2-4-14(15)19/h2-10,23-24H,1H3/b16-10-,23-17?. The SMILES string of the molecule is CC(=O)c1ccc(/C(=C/C(=N)C(F)(F)F)Nc2ccccc2Cl)cc1. The van der Waals surface area contributed by atoms with Crippen molar-refractivity contribution in [2.45, 2.75) is 13.1 Å². The third kappa shape index (κ3) is 4.93. The summed E-state index contributed by atoms with van der Waals surface area (Å²) in [6, 6.07) is 12.6. The van der Waals surface area contributed by atoms with E-state index in [1.807, 2.05) is 0 Å². The summed E-state index contributed by atoms with van der Waals surface area (Å²) < 4.78 is 38.2. The maximum atomic E-state index is 12.7. The second kappa shape index (κ2) is 7.53. The fourth-order valence-corrected chi connectivity index (χ4v) is 2.19. The number of hydrogen-bond donors (Lipinski definition) is 2. The number of carbonyl (C=O) groups excluding carboxylic acids is 1. The number of allylic oxidation sites excluding steroid dienone is 1. The lowest BCUT2D eigenvalue weighted by atomic mass is 10.1. The van der Waals surface area contributed by atoms with Crippen molar-refractivity contribution in [2.24, 2.45) is 0 Å². The van der Waals surface area contributed by atoms with Crippen molar-refractivity contribution in [3.63, 3.8) is 0 Å². The molecule has 0 saturated heterocycles. The third-order valence-electron chi connectivity index (χ3n) is 3.34. The fraction of sp³-hybridized carbons (Fsp3) is 0.111. The number of para-hydroxylation sites is 1. The largest absolute Gasteiger partial charge is 0.432 e. The van der Waals surface area contributed by atoms with E-state index in [9.17, 15) is 18.0 Å². The zero-order valence-corrected chi connectivity index (χ0v) is 13.9. The van der Waals surface area contributed by atoms with Gasteiger partial charge in [-0.05, 0) is 30.7 Å². The highest BCUT2D eigenvalue weighted by atomic mass is 35.5. The molecule has 2 aromatic rings. The van der Waals surface area contributed by atoms with Gasteiger partial charge < -0.3 is 5.32 Å². The number of hydrogen-bond acceptors (Lipinski definition) is 3. The summed E-state index contributed by atoms with van der Waals surface area (Å²) in [7, 11) is 0. The zero-order chi connectivity index (χ0) is 18.6. The first-order valence-electron chi connectivity index (χ1n) is 7.19. The number of anilines is 1. The van der Waals surface area contributed by atoms with E-state index >= 15 is 0 Å². The second-order valence-corrected chi connectivity index (χ2v) is 5.62. The minimum atomic E-state index is -4.77. The minimum Gasteiger partial charge on any atom is -0.354 e. The van der Waals surface area contributed by atoms with E-state index in [-0.39, 0.29) is 11.5 Å². The second-order valence-electron chi connectivity index (χ2n) is 5.21. The van der Waals surface area contributed by atoms with Gasteiger partial charge in [-0.15, -0.1) is 0 Å². The van der Waals surface area contributed by atoms with Crippen molar-refractivity contribution in [3.05, 3.63) is 70.8 Å². The first-order valence-corrected chi connectivity index (χ1v) is 7.56. The molecular formula is C18H14ClF3N2O. The highest BCUT2D eigenvalue weighted by Gasteiger charge is 2.33. The highest BCUT2D eigenvalue weighted by molar-refractivity contribution is 6.33. The maximum absolute atomic E-state index is 12.7. The Morgan fingerprint density at radius 2 is 1.64 bits per heavy atom. The fourth-order valence-electron chi connectivity index (χ4n) is 2.01. The van der Waals surface area contributed by atoms with Crippen molar-refractivity contribution in [1.82, 2.24) is 0 Å². The normalized spacial score (nSPS) is 12.0. The number of rotatable bonds is 5. The lowest BCUT2D eigenvalue weighted by Gasteiger charge is -2.14. The molecule has 0 spiro atoms. The van der Waals surface area contributed by atoms with Gasteiger partial charge in [-0.25, -0.2) is 0 Å². The summed E-state index contributed by atoms with van der Waals surface area (Å²) in [4.78, 5) is 11.3. The van der Waals surface area contributed by atoms with E-state index in [0.717, 1.165) is 0 Å². The Bertz CT molecular complexity index is 827. The lowest BCUT2D eigenvalue weighted by Crippen LogP contribution is -2.20. The number of nitrogens with one attached hydrogen (secondary N) is 2. The first kappa shape index (κ1) is 18.7. The smallest absolute Gasteiger partial charge is 0.354 e. The molecule has 0 radical (unpaired) electrons. The molecule has 130 valence electrons. The summed E-state index contributed by atoms with van der Waals surface area (Å²) in [6.45, 7) is 1.40. The van der Waals surface area contributed by atoms with Gasteiger partial charge in [-0.3, -0.25) is 10.2 Å². The van der Waals surface area contributed by atoms with E-state index in [0.29, 0.717) is 27.9 Å². The summed E-state index contributed by atoms with van der Waals surface area (Å²) in [5.74, 6) is -0.154. The average molecular weight is 367 g/mol. The van der Waals surface area contributed by atoms with Gasteiger partial charge >= 0.3 is 6.18 Å². The Hall–Kier alpha value is -2.60. The molecule has 0 aromatic heterocycles. The van der Waals surface area contributed by atoms with Crippen LogP contribution in [0.15, 0.2) is 54.6 Å². The summed E-state index contributed by atoms with van der Waals surface area (Å²) in [6.07, 6.45) is -4.08. The van der Waals surface area contributed by atoms with E-state index in [4.69, 9.17) is 17.0 Å². The number of halogens is 4. The minimum absolute atomic E-state index is 0.0468. The number of carbonyl (C=O) groups is 1. The van der Waals surface area contributed by atoms with E-state index < -0.39 is 11.9 Å². The quantitative estimate of drug-likeness (QED) is 0.536. The molecule has 0 bridgehead atoms. The molecule has 25 heavy (non-hydrogen) atoms. The molecule has 0 fully saturated rings. The molecule has 0 atom stereocenters. The number of benzene rings is 2. The maximum Gasteiger partial charge on any atom is 0.432 e. The molecule has 0 aliphatic rings. The van der Waals surface area contributed by atoms with Crippen LogP contribution in [-0.4, -0.2) is 17.7 Å². The molecule has 0 heterocycles. The van der Waals surface area contributed by atoms with Gasteiger partial charge in [-0.2, -0.15) is 13.2 Å². The van der Waals surface area contributed by atoms with Gasteiger partial charge in [0.2, 0.25) is 0 Å². The van der Waals surface area contributed by atoms with Crippen molar-refractivity contribution < 1.29 is 18.0 Å². The van der Waals surface area contributed by atoms with Crippen LogP contribution in [0.3, 0.4) is 0 Å². The Morgan fingerprint density at radius 3 is 2.16 bits per heavy atom. The van der Waals surface area contributed by atoms with Crippen LogP contribution in [0.25, 0.3) is 5.70 Å². The van der Waals surface area contributed by atoms with Gasteiger partial charge in [0.05, 0.1) is 10.7 Å². The number of ketones is 1. The van der Waals surface area contributed by atoms with Crippen LogP contribution in [0.2, 0.25) is 5.02 Å². The first-order chi connectivity index (χ1) is 11.7. The van der Waals surface area contributed by atoms with E-state index in [2.05, 4.69) is 5.32 Å². The van der Waals surface area contributed by atoms with Crippen molar-refractivity contribution in [1.29, 1.82) is 5.41 Å². The zero-order valence-electron chi connectivity index (χ0n) is 13.1. The molecule has 0 aliphatic heterocycles. The molecule has 2 rings (SSSR count). The highest BCUT2D eigenvalue weighted by Crippen LogP contribution is 2.27. The van der Waals surface area contributed by atoms with Crippen molar-refractivity contribution >= 4 is 34.5 Å². The summed E-state index contributed by atoms with van der Waals surface area (Å²) in [5, 5.41) is 10.4.